The van der Waals surface area contributed by atoms with Gasteiger partial charge in [0.1, 0.15) is 11.2 Å². The summed E-state index contributed by atoms with van der Waals surface area (Å²) in [7, 11) is 1.57. The van der Waals surface area contributed by atoms with E-state index in [4.69, 9.17) is 4.74 Å². The van der Waals surface area contributed by atoms with Crippen LogP contribution in [0.4, 0.5) is 4.39 Å². The predicted octanol–water partition coefficient (Wildman–Crippen LogP) is 4.60. The van der Waals surface area contributed by atoms with Crippen molar-refractivity contribution in [3.05, 3.63) is 62.9 Å². The van der Waals surface area contributed by atoms with Crippen LogP contribution in [0.25, 0.3) is 21.3 Å². The van der Waals surface area contributed by atoms with Crippen LogP contribution >= 0.6 is 11.3 Å². The molecule has 4 heterocycles. The zero-order valence-corrected chi connectivity index (χ0v) is 21.1. The standard InChI is InChI=1S/C25H27FN4O4S/c1-12(2)28-22(31)16-10-14-15(11-30(6)24(32)18(14)29-16)20-19(17(26)21(35-20)25(4,5)33)34-23-13(3)8-7-9-27-23/h7-12,29,33H,1-6H3,(H,28,31). The molecule has 0 atom stereocenters. The number of halogens is 1. The maximum absolute atomic E-state index is 15.7. The maximum Gasteiger partial charge on any atom is 0.274 e. The van der Waals surface area contributed by atoms with E-state index in [0.29, 0.717) is 21.4 Å². The summed E-state index contributed by atoms with van der Waals surface area (Å²) in [6.45, 7) is 8.44. The Hall–Kier alpha value is -3.50. The van der Waals surface area contributed by atoms with E-state index in [0.717, 1.165) is 11.3 Å². The summed E-state index contributed by atoms with van der Waals surface area (Å²) in [6, 6.07) is 5.01. The first-order valence-corrected chi connectivity index (χ1v) is 11.9. The molecule has 0 saturated carbocycles. The molecule has 0 aliphatic heterocycles. The highest BCUT2D eigenvalue weighted by Gasteiger charge is 2.32. The molecule has 4 aromatic heterocycles. The minimum Gasteiger partial charge on any atom is -0.434 e. The highest BCUT2D eigenvalue weighted by molar-refractivity contribution is 7.16. The van der Waals surface area contributed by atoms with Crippen molar-refractivity contribution in [2.45, 2.75) is 46.3 Å². The largest absolute Gasteiger partial charge is 0.434 e. The Bertz CT molecular complexity index is 1490. The third-order valence-corrected chi connectivity index (χ3v) is 6.89. The molecule has 0 bridgehead atoms. The maximum atomic E-state index is 15.7. The molecule has 0 unspecified atom stereocenters. The lowest BCUT2D eigenvalue weighted by atomic mass is 10.1. The van der Waals surface area contributed by atoms with Crippen LogP contribution in [0.2, 0.25) is 0 Å². The number of fused-ring (bicyclic) bond motifs is 1. The second kappa shape index (κ2) is 8.94. The number of hydrogen-bond donors (Lipinski definition) is 3. The summed E-state index contributed by atoms with van der Waals surface area (Å²) in [5.41, 5.74) is -0.225. The molecule has 10 heteroatoms. The van der Waals surface area contributed by atoms with Crippen LogP contribution in [0.5, 0.6) is 11.6 Å². The molecular weight excluding hydrogens is 471 g/mol. The van der Waals surface area contributed by atoms with Crippen molar-refractivity contribution >= 4 is 28.1 Å². The number of H-pyrrole nitrogens is 1. The van der Waals surface area contributed by atoms with Gasteiger partial charge in [0.15, 0.2) is 11.6 Å². The molecule has 0 aromatic carbocycles. The molecule has 3 N–H and O–H groups in total. The summed E-state index contributed by atoms with van der Waals surface area (Å²) in [5, 5.41) is 13.9. The number of hydrogen-bond acceptors (Lipinski definition) is 6. The van der Waals surface area contributed by atoms with Crippen molar-refractivity contribution in [3.63, 3.8) is 0 Å². The summed E-state index contributed by atoms with van der Waals surface area (Å²) in [4.78, 5) is 33.1. The zero-order chi connectivity index (χ0) is 25.7. The van der Waals surface area contributed by atoms with Crippen LogP contribution in [-0.4, -0.2) is 31.6 Å². The third-order valence-electron chi connectivity index (χ3n) is 5.40. The van der Waals surface area contributed by atoms with E-state index < -0.39 is 11.4 Å². The van der Waals surface area contributed by atoms with Crippen molar-refractivity contribution < 1.29 is 19.0 Å². The van der Waals surface area contributed by atoms with Crippen molar-refractivity contribution in [1.82, 2.24) is 19.9 Å². The van der Waals surface area contributed by atoms with E-state index in [1.54, 1.807) is 44.6 Å². The van der Waals surface area contributed by atoms with Crippen LogP contribution in [0, 0.1) is 12.7 Å². The molecule has 0 spiro atoms. The number of ether oxygens (including phenoxy) is 1. The lowest BCUT2D eigenvalue weighted by Gasteiger charge is -2.14. The van der Waals surface area contributed by atoms with E-state index in [1.165, 1.54) is 18.4 Å². The van der Waals surface area contributed by atoms with Crippen LogP contribution in [0.1, 0.15) is 48.6 Å². The van der Waals surface area contributed by atoms with Crippen molar-refractivity contribution in [3.8, 4) is 22.1 Å². The number of rotatable bonds is 6. The van der Waals surface area contributed by atoms with E-state index in [9.17, 15) is 14.7 Å². The van der Waals surface area contributed by atoms with E-state index in [-0.39, 0.29) is 45.2 Å². The molecular formula is C25H27FN4O4S. The lowest BCUT2D eigenvalue weighted by Crippen LogP contribution is -2.30. The van der Waals surface area contributed by atoms with Gasteiger partial charge in [0.2, 0.25) is 5.88 Å². The molecule has 184 valence electrons. The second-order valence-corrected chi connectivity index (χ2v) is 10.3. The van der Waals surface area contributed by atoms with Crippen LogP contribution in [-0.2, 0) is 12.6 Å². The minimum atomic E-state index is -1.48. The van der Waals surface area contributed by atoms with Crippen molar-refractivity contribution in [1.29, 1.82) is 0 Å². The number of nitrogens with zero attached hydrogens (tertiary/aromatic N) is 2. The Morgan fingerprint density at radius 2 is 2.09 bits per heavy atom. The van der Waals surface area contributed by atoms with Gasteiger partial charge in [-0.1, -0.05) is 6.07 Å². The van der Waals surface area contributed by atoms with Gasteiger partial charge in [-0.3, -0.25) is 9.59 Å². The molecule has 0 fully saturated rings. The Morgan fingerprint density at radius 3 is 2.71 bits per heavy atom. The van der Waals surface area contributed by atoms with Gasteiger partial charge in [0.25, 0.3) is 11.5 Å². The van der Waals surface area contributed by atoms with Gasteiger partial charge in [-0.15, -0.1) is 11.3 Å². The Balaban J connectivity index is 1.99. The van der Waals surface area contributed by atoms with Gasteiger partial charge >= 0.3 is 0 Å². The molecule has 1 amide bonds. The lowest BCUT2D eigenvalue weighted by molar-refractivity contribution is 0.0784. The van der Waals surface area contributed by atoms with Crippen LogP contribution in [0.15, 0.2) is 35.4 Å². The number of aryl methyl sites for hydroxylation is 2. The first-order valence-electron chi connectivity index (χ1n) is 11.1. The van der Waals surface area contributed by atoms with Crippen molar-refractivity contribution in [2.75, 3.05) is 0 Å². The van der Waals surface area contributed by atoms with Crippen LogP contribution in [0.3, 0.4) is 0 Å². The van der Waals surface area contributed by atoms with Gasteiger partial charge in [0, 0.05) is 42.0 Å². The minimum absolute atomic E-state index is 0.0754. The van der Waals surface area contributed by atoms with Crippen molar-refractivity contribution in [2.24, 2.45) is 7.05 Å². The number of amides is 1. The summed E-state index contributed by atoms with van der Waals surface area (Å²) >= 11 is 1.02. The number of aromatic amines is 1. The summed E-state index contributed by atoms with van der Waals surface area (Å²) in [6.07, 6.45) is 3.11. The fourth-order valence-electron chi connectivity index (χ4n) is 3.71. The molecule has 0 saturated heterocycles. The fourth-order valence-corrected chi connectivity index (χ4v) is 4.84. The van der Waals surface area contributed by atoms with Gasteiger partial charge in [-0.05, 0) is 46.8 Å². The number of pyridine rings is 2. The second-order valence-electron chi connectivity index (χ2n) is 9.25. The highest BCUT2D eigenvalue weighted by atomic mass is 32.1. The Labute approximate surface area is 205 Å². The zero-order valence-electron chi connectivity index (χ0n) is 20.3. The van der Waals surface area contributed by atoms with Crippen LogP contribution < -0.4 is 15.6 Å². The smallest absolute Gasteiger partial charge is 0.274 e. The number of carbonyl (C=O) groups is 1. The monoisotopic (exact) mass is 498 g/mol. The molecule has 0 radical (unpaired) electrons. The Morgan fingerprint density at radius 1 is 1.37 bits per heavy atom. The predicted molar refractivity (Wildman–Crippen MR) is 134 cm³/mol. The van der Waals surface area contributed by atoms with E-state index in [2.05, 4.69) is 15.3 Å². The first kappa shape index (κ1) is 24.6. The highest BCUT2D eigenvalue weighted by Crippen LogP contribution is 2.48. The number of carbonyl (C=O) groups excluding carboxylic acids is 1. The fraction of sp³-hybridized carbons (Fsp3) is 0.320. The molecule has 4 aromatic rings. The third kappa shape index (κ3) is 4.59. The molecule has 4 rings (SSSR count). The average molecular weight is 499 g/mol. The number of aromatic nitrogens is 3. The van der Waals surface area contributed by atoms with Gasteiger partial charge in [-0.25, -0.2) is 9.37 Å². The van der Waals surface area contributed by atoms with Gasteiger partial charge in [0.05, 0.1) is 15.4 Å². The van der Waals surface area contributed by atoms with Gasteiger partial charge < -0.3 is 24.7 Å². The molecule has 8 nitrogen and oxygen atoms in total. The number of thiophene rings is 1. The normalized spacial score (nSPS) is 11.9. The quantitative estimate of drug-likeness (QED) is 0.360. The topological polar surface area (TPSA) is 109 Å². The van der Waals surface area contributed by atoms with Gasteiger partial charge in [-0.2, -0.15) is 0 Å². The Kier molecular flexibility index (Phi) is 6.29. The number of aliphatic hydroxyl groups is 1. The molecule has 0 aliphatic rings. The molecule has 0 aliphatic carbocycles. The SMILES string of the molecule is Cc1cccnc1Oc1c(-c2cn(C)c(=O)c3[nH]c(C(=O)NC(C)C)cc23)sc(C(C)(C)O)c1F. The summed E-state index contributed by atoms with van der Waals surface area (Å²) in [5.74, 6) is -0.958. The molecule has 35 heavy (non-hydrogen) atoms. The van der Waals surface area contributed by atoms with E-state index >= 15 is 4.39 Å². The number of nitrogens with one attached hydrogen (secondary N) is 2. The summed E-state index contributed by atoms with van der Waals surface area (Å²) < 4.78 is 23.0. The van der Waals surface area contributed by atoms with E-state index in [1.807, 2.05) is 13.8 Å². The first-order chi connectivity index (χ1) is 16.4. The average Bonchev–Trinajstić information content (AvgIpc) is 3.35.